The third-order valence-corrected chi connectivity index (χ3v) is 4.34. The number of hydrogen-bond acceptors (Lipinski definition) is 6. The lowest BCUT2D eigenvalue weighted by atomic mass is 10.1. The van der Waals surface area contributed by atoms with Gasteiger partial charge < -0.3 is 15.7 Å². The fourth-order valence-electron chi connectivity index (χ4n) is 2.62. The summed E-state index contributed by atoms with van der Waals surface area (Å²) in [5, 5.41) is 16.2. The second-order valence-corrected chi connectivity index (χ2v) is 6.87. The number of benzene rings is 1. The Bertz CT molecular complexity index is 866. The Morgan fingerprint density at radius 2 is 1.70 bits per heavy atom. The van der Waals surface area contributed by atoms with Crippen LogP contribution in [0.15, 0.2) is 54.9 Å². The quantitative estimate of drug-likeness (QED) is 0.588. The van der Waals surface area contributed by atoms with Crippen molar-refractivity contribution in [3.05, 3.63) is 60.4 Å². The number of nitrogens with zero attached hydrogens (tertiary/aromatic N) is 3. The fraction of sp³-hybridized carbons (Fsp3) is 0.286. The van der Waals surface area contributed by atoms with Crippen LogP contribution in [0.2, 0.25) is 0 Å². The molecule has 0 saturated heterocycles. The topological polar surface area (TPSA) is 83.0 Å². The first-order valence-electron chi connectivity index (χ1n) is 9.05. The van der Waals surface area contributed by atoms with Crippen molar-refractivity contribution in [2.24, 2.45) is 5.92 Å². The maximum absolute atomic E-state index is 9.63. The van der Waals surface area contributed by atoms with Gasteiger partial charge in [0.25, 0.3) is 0 Å². The van der Waals surface area contributed by atoms with E-state index in [4.69, 9.17) is 0 Å². The van der Waals surface area contributed by atoms with Crippen molar-refractivity contribution in [1.82, 2.24) is 15.0 Å². The molecule has 0 aliphatic carbocycles. The van der Waals surface area contributed by atoms with E-state index in [-0.39, 0.29) is 18.6 Å². The molecule has 27 heavy (non-hydrogen) atoms. The zero-order chi connectivity index (χ0) is 19.2. The van der Waals surface area contributed by atoms with E-state index in [2.05, 4.69) is 32.5 Å². The van der Waals surface area contributed by atoms with Crippen LogP contribution in [0.4, 0.5) is 17.5 Å². The Kier molecular flexibility index (Phi) is 5.98. The first kappa shape index (κ1) is 18.8. The molecule has 0 radical (unpaired) electrons. The molecule has 0 spiro atoms. The second-order valence-electron chi connectivity index (χ2n) is 6.87. The lowest BCUT2D eigenvalue weighted by Crippen LogP contribution is -2.30. The highest BCUT2D eigenvalue weighted by molar-refractivity contribution is 5.67. The summed E-state index contributed by atoms with van der Waals surface area (Å²) in [5.41, 5.74) is 3.89. The molecule has 2 heterocycles. The van der Waals surface area contributed by atoms with Crippen LogP contribution in [0.5, 0.6) is 0 Å². The number of nitrogens with one attached hydrogen (secondary N) is 2. The van der Waals surface area contributed by atoms with Crippen molar-refractivity contribution < 1.29 is 5.11 Å². The van der Waals surface area contributed by atoms with Crippen LogP contribution in [-0.2, 0) is 0 Å². The molecular formula is C21H25N5O. The normalized spacial score (nSPS) is 12.0. The molecule has 0 aliphatic rings. The molecule has 3 rings (SSSR count). The van der Waals surface area contributed by atoms with E-state index in [0.717, 1.165) is 16.9 Å². The molecule has 1 aromatic carbocycles. The third-order valence-electron chi connectivity index (χ3n) is 4.34. The summed E-state index contributed by atoms with van der Waals surface area (Å²) in [6, 6.07) is 13.7. The Balaban J connectivity index is 1.96. The van der Waals surface area contributed by atoms with Crippen molar-refractivity contribution in [2.45, 2.75) is 26.8 Å². The van der Waals surface area contributed by atoms with Gasteiger partial charge >= 0.3 is 0 Å². The molecule has 2 aromatic heterocycles. The number of hydrogen-bond donors (Lipinski definition) is 3. The van der Waals surface area contributed by atoms with Crippen molar-refractivity contribution in [1.29, 1.82) is 0 Å². The molecule has 6 heteroatoms. The average molecular weight is 363 g/mol. The summed E-state index contributed by atoms with van der Waals surface area (Å²) in [5.74, 6) is 1.41. The highest BCUT2D eigenvalue weighted by atomic mass is 16.3. The molecular weight excluding hydrogens is 338 g/mol. The molecule has 0 bridgehead atoms. The zero-order valence-electron chi connectivity index (χ0n) is 15.8. The summed E-state index contributed by atoms with van der Waals surface area (Å²) in [6.07, 6.45) is 3.48. The van der Waals surface area contributed by atoms with E-state index in [0.29, 0.717) is 11.8 Å². The van der Waals surface area contributed by atoms with Crippen molar-refractivity contribution in [3.63, 3.8) is 0 Å². The van der Waals surface area contributed by atoms with Crippen LogP contribution in [0, 0.1) is 12.8 Å². The second kappa shape index (κ2) is 8.60. The molecule has 0 unspecified atom stereocenters. The van der Waals surface area contributed by atoms with E-state index in [1.807, 2.05) is 56.3 Å². The molecule has 3 aromatic rings. The summed E-state index contributed by atoms with van der Waals surface area (Å²) in [7, 11) is 0. The summed E-state index contributed by atoms with van der Waals surface area (Å²) in [4.78, 5) is 13.3. The van der Waals surface area contributed by atoms with Crippen molar-refractivity contribution in [2.75, 3.05) is 17.2 Å². The Morgan fingerprint density at radius 1 is 1.00 bits per heavy atom. The number of aliphatic hydroxyl groups excluding tert-OH is 1. The van der Waals surface area contributed by atoms with E-state index < -0.39 is 0 Å². The number of aromatic nitrogens is 3. The predicted octanol–water partition coefficient (Wildman–Crippen LogP) is 4.02. The van der Waals surface area contributed by atoms with E-state index in [9.17, 15) is 5.11 Å². The monoisotopic (exact) mass is 363 g/mol. The maximum atomic E-state index is 9.63. The van der Waals surface area contributed by atoms with Gasteiger partial charge in [-0.3, -0.25) is 4.98 Å². The Labute approximate surface area is 159 Å². The van der Waals surface area contributed by atoms with Gasteiger partial charge in [0.15, 0.2) is 0 Å². The predicted molar refractivity (Wildman–Crippen MR) is 109 cm³/mol. The first-order valence-corrected chi connectivity index (χ1v) is 9.05. The third kappa shape index (κ3) is 5.01. The van der Waals surface area contributed by atoms with Crippen LogP contribution in [0.1, 0.15) is 19.4 Å². The number of pyridine rings is 1. The van der Waals surface area contributed by atoms with E-state index >= 15 is 0 Å². The SMILES string of the molecule is Cc1ccc(Nc2cc(-c3ccncc3)nc(N[C@@H](CO)C(C)C)n2)cc1. The van der Waals surface area contributed by atoms with Gasteiger partial charge in [-0.1, -0.05) is 31.5 Å². The molecule has 3 N–H and O–H groups in total. The molecule has 0 amide bonds. The molecule has 140 valence electrons. The zero-order valence-corrected chi connectivity index (χ0v) is 15.8. The summed E-state index contributed by atoms with van der Waals surface area (Å²) >= 11 is 0. The molecule has 0 fully saturated rings. The van der Waals surface area contributed by atoms with Gasteiger partial charge in [-0.15, -0.1) is 0 Å². The molecule has 1 atom stereocenters. The van der Waals surface area contributed by atoms with Gasteiger partial charge in [0.05, 0.1) is 18.3 Å². The van der Waals surface area contributed by atoms with Gasteiger partial charge in [-0.2, -0.15) is 4.98 Å². The largest absolute Gasteiger partial charge is 0.394 e. The lowest BCUT2D eigenvalue weighted by molar-refractivity contribution is 0.248. The molecule has 0 saturated carbocycles. The van der Waals surface area contributed by atoms with Gasteiger partial charge in [0.2, 0.25) is 5.95 Å². The van der Waals surface area contributed by atoms with E-state index in [1.165, 1.54) is 5.56 Å². The smallest absolute Gasteiger partial charge is 0.225 e. The maximum Gasteiger partial charge on any atom is 0.225 e. The summed E-state index contributed by atoms with van der Waals surface area (Å²) in [6.45, 7) is 6.17. The standard InChI is InChI=1S/C21H25N5O/c1-14(2)19(13-27)25-21-24-18(16-8-10-22-11-9-16)12-20(26-21)23-17-6-4-15(3)5-7-17/h4-12,14,19,27H,13H2,1-3H3,(H2,23,24,25,26)/t19-/m0/s1. The van der Waals surface area contributed by atoms with Crippen LogP contribution >= 0.6 is 0 Å². The van der Waals surface area contributed by atoms with Gasteiger partial charge in [0.1, 0.15) is 5.82 Å². The Hall–Kier alpha value is -2.99. The highest BCUT2D eigenvalue weighted by Gasteiger charge is 2.15. The van der Waals surface area contributed by atoms with Crippen LogP contribution < -0.4 is 10.6 Å². The number of rotatable bonds is 7. The fourth-order valence-corrected chi connectivity index (χ4v) is 2.62. The lowest BCUT2D eigenvalue weighted by Gasteiger charge is -2.20. The first-order chi connectivity index (χ1) is 13.0. The summed E-state index contributed by atoms with van der Waals surface area (Å²) < 4.78 is 0. The Morgan fingerprint density at radius 3 is 2.33 bits per heavy atom. The number of aliphatic hydroxyl groups is 1. The minimum atomic E-state index is -0.120. The van der Waals surface area contributed by atoms with Crippen molar-refractivity contribution >= 4 is 17.5 Å². The average Bonchev–Trinajstić information content (AvgIpc) is 2.68. The van der Waals surface area contributed by atoms with Gasteiger partial charge in [-0.25, -0.2) is 4.98 Å². The van der Waals surface area contributed by atoms with Crippen LogP contribution in [0.3, 0.4) is 0 Å². The van der Waals surface area contributed by atoms with Crippen LogP contribution in [-0.4, -0.2) is 32.7 Å². The van der Waals surface area contributed by atoms with Crippen molar-refractivity contribution in [3.8, 4) is 11.3 Å². The van der Waals surface area contributed by atoms with Crippen LogP contribution in [0.25, 0.3) is 11.3 Å². The number of anilines is 3. The van der Waals surface area contributed by atoms with Gasteiger partial charge in [0, 0.05) is 29.7 Å². The van der Waals surface area contributed by atoms with Gasteiger partial charge in [-0.05, 0) is 37.1 Å². The molecule has 6 nitrogen and oxygen atoms in total. The van der Waals surface area contributed by atoms with E-state index in [1.54, 1.807) is 12.4 Å². The highest BCUT2D eigenvalue weighted by Crippen LogP contribution is 2.24. The minimum absolute atomic E-state index is 0.0151. The number of aryl methyl sites for hydroxylation is 1. The molecule has 0 aliphatic heterocycles. The minimum Gasteiger partial charge on any atom is -0.394 e.